The van der Waals surface area contributed by atoms with Crippen molar-refractivity contribution in [3.05, 3.63) is 113 Å². The van der Waals surface area contributed by atoms with Crippen LogP contribution in [0.5, 0.6) is 0 Å². The van der Waals surface area contributed by atoms with Crippen LogP contribution in [-0.4, -0.2) is 30.7 Å². The summed E-state index contributed by atoms with van der Waals surface area (Å²) < 4.78 is 6.56. The summed E-state index contributed by atoms with van der Waals surface area (Å²) in [6.45, 7) is 21.9. The molecule has 0 bridgehead atoms. The number of hydrogen-bond donors (Lipinski definition) is 2. The quantitative estimate of drug-likeness (QED) is 0.0914. The maximum absolute atomic E-state index is 9.94. The van der Waals surface area contributed by atoms with Crippen molar-refractivity contribution >= 4 is 35.2 Å². The number of carbonyl (C=O) groups is 1. The molecule has 250 valence electrons. The van der Waals surface area contributed by atoms with Gasteiger partial charge in [0.25, 0.3) is 0 Å². The second kappa shape index (κ2) is 28.2. The molecule has 0 fully saturated rings. The topological polar surface area (TPSA) is 70.9 Å². The molecular weight excluding hydrogens is 597 g/mol. The molecular formula is C38H58N2O3S2. The van der Waals surface area contributed by atoms with Gasteiger partial charge in [0.05, 0.1) is 17.0 Å². The highest BCUT2D eigenvalue weighted by Gasteiger charge is 2.32. The van der Waals surface area contributed by atoms with Gasteiger partial charge in [0.15, 0.2) is 0 Å². The Kier molecular flexibility index (Phi) is 27.5. The fourth-order valence-corrected chi connectivity index (χ4v) is 6.34. The highest BCUT2D eigenvalue weighted by molar-refractivity contribution is 8.00. The summed E-state index contributed by atoms with van der Waals surface area (Å²) in [5, 5.41) is 15.7. The number of oxime groups is 1. The molecule has 7 heteroatoms. The Morgan fingerprint density at radius 3 is 2.40 bits per heavy atom. The summed E-state index contributed by atoms with van der Waals surface area (Å²) in [5.74, 6) is 1.60. The molecule has 0 aliphatic heterocycles. The first-order valence-electron chi connectivity index (χ1n) is 15.7. The molecule has 0 spiro atoms. The SMILES string of the molecule is C=C/C=C(\C=C/C)NC=O.CC.CC.CC/C=C\C=C(C)C.COC1=CC=CC(C2C/C(=N\O)c3c(SC)sc(C)c3C2)C=C1. The normalized spacial score (nSPS) is 17.4. The van der Waals surface area contributed by atoms with Crippen molar-refractivity contribution in [3.63, 3.8) is 0 Å². The summed E-state index contributed by atoms with van der Waals surface area (Å²) in [4.78, 5) is 11.3. The third-order valence-electron chi connectivity index (χ3n) is 6.22. The molecule has 2 aliphatic carbocycles. The number of aryl methyl sites for hydroxylation is 1. The minimum absolute atomic E-state index is 0.320. The number of nitrogens with one attached hydrogen (secondary N) is 1. The molecule has 1 aromatic heterocycles. The average Bonchev–Trinajstić information content (AvgIpc) is 3.21. The highest BCUT2D eigenvalue weighted by atomic mass is 32.2. The first-order chi connectivity index (χ1) is 21.8. The summed E-state index contributed by atoms with van der Waals surface area (Å²) in [6.07, 6.45) is 29.5. The number of allylic oxidation sites excluding steroid dienone is 13. The number of hydrogen-bond acceptors (Lipinski definition) is 6. The van der Waals surface area contributed by atoms with Crippen molar-refractivity contribution in [3.8, 4) is 0 Å². The predicted octanol–water partition coefficient (Wildman–Crippen LogP) is 11.1. The maximum Gasteiger partial charge on any atom is 0.211 e. The summed E-state index contributed by atoms with van der Waals surface area (Å²) in [5.41, 5.74) is 5.46. The molecule has 0 radical (unpaired) electrons. The van der Waals surface area contributed by atoms with E-state index >= 15 is 0 Å². The average molecular weight is 655 g/mol. The number of rotatable bonds is 9. The summed E-state index contributed by atoms with van der Waals surface area (Å²) in [7, 11) is 1.69. The number of thioether (sulfide) groups is 1. The lowest BCUT2D eigenvalue weighted by Gasteiger charge is -2.28. The monoisotopic (exact) mass is 654 g/mol. The molecule has 0 aromatic carbocycles. The van der Waals surface area contributed by atoms with E-state index in [4.69, 9.17) is 4.74 Å². The van der Waals surface area contributed by atoms with Crippen molar-refractivity contribution in [2.45, 2.75) is 85.8 Å². The first-order valence-corrected chi connectivity index (χ1v) is 17.8. The number of carbonyl (C=O) groups excluding carboxylic acids is 1. The number of thiophene rings is 1. The van der Waals surface area contributed by atoms with Crippen LogP contribution >= 0.6 is 23.1 Å². The number of methoxy groups -OCH3 is 1. The van der Waals surface area contributed by atoms with E-state index in [1.54, 1.807) is 37.1 Å². The number of ether oxygens (including phenoxy) is 1. The molecule has 1 heterocycles. The molecule has 1 aromatic rings. The van der Waals surface area contributed by atoms with Gasteiger partial charge in [-0.2, -0.15) is 0 Å². The second-order valence-electron chi connectivity index (χ2n) is 9.51. The number of nitrogens with zero attached hydrogens (tertiary/aromatic N) is 1. The van der Waals surface area contributed by atoms with Gasteiger partial charge < -0.3 is 15.3 Å². The Balaban J connectivity index is 0. The van der Waals surface area contributed by atoms with E-state index in [1.165, 1.54) is 25.8 Å². The van der Waals surface area contributed by atoms with E-state index in [0.29, 0.717) is 18.2 Å². The van der Waals surface area contributed by atoms with E-state index in [0.717, 1.165) is 36.4 Å². The van der Waals surface area contributed by atoms with E-state index in [9.17, 15) is 10.0 Å². The predicted molar refractivity (Wildman–Crippen MR) is 202 cm³/mol. The fourth-order valence-electron chi connectivity index (χ4n) is 4.26. The molecule has 0 saturated heterocycles. The van der Waals surface area contributed by atoms with Gasteiger partial charge in [-0.15, -0.1) is 23.1 Å². The molecule has 2 aliphatic rings. The zero-order valence-corrected chi connectivity index (χ0v) is 31.1. The van der Waals surface area contributed by atoms with Crippen LogP contribution in [0, 0.1) is 18.8 Å². The number of amides is 1. The standard InChI is InChI=1S/C18H21NO2S2.C8H11NO.C8H14.2C2H6/c1-11-15-9-13(12-5-4-6-14(21-2)8-7-12)10-16(19-20)17(15)18(22-3)23-11;1-3-5-8(6-4-2)9-7-10;1-4-5-6-7-8(2)3;2*1-2/h4-8,12-13,20H,9-10H2,1-3H3;3-7H,1H2,2H3,(H,9,10);5-7H,4H2,1-3H3;2*1-2H3/b19-16+;6-4-,8-5+;6-5-;;. The zero-order valence-electron chi connectivity index (χ0n) is 29.5. The molecule has 2 N–H and O–H groups in total. The largest absolute Gasteiger partial charge is 0.497 e. The van der Waals surface area contributed by atoms with Crippen LogP contribution in [0.4, 0.5) is 0 Å². The third-order valence-corrected chi connectivity index (χ3v) is 8.49. The molecule has 0 saturated carbocycles. The maximum atomic E-state index is 9.94. The molecule has 5 nitrogen and oxygen atoms in total. The van der Waals surface area contributed by atoms with Gasteiger partial charge in [-0.25, -0.2) is 0 Å². The van der Waals surface area contributed by atoms with Crippen LogP contribution < -0.4 is 5.32 Å². The Bertz CT molecular complexity index is 1220. The van der Waals surface area contributed by atoms with Gasteiger partial charge in [0, 0.05) is 16.1 Å². The first kappa shape index (κ1) is 43.8. The summed E-state index contributed by atoms with van der Waals surface area (Å²) in [6, 6.07) is 0. The fraction of sp³-hybridized carbons (Fsp3) is 0.421. The highest BCUT2D eigenvalue weighted by Crippen LogP contribution is 2.42. The van der Waals surface area contributed by atoms with Crippen LogP contribution in [-0.2, 0) is 16.0 Å². The van der Waals surface area contributed by atoms with Crippen LogP contribution in [0.3, 0.4) is 0 Å². The molecule has 1 amide bonds. The molecule has 2 unspecified atom stereocenters. The van der Waals surface area contributed by atoms with Gasteiger partial charge in [0.2, 0.25) is 6.41 Å². The lowest BCUT2D eigenvalue weighted by molar-refractivity contribution is -0.108. The Morgan fingerprint density at radius 2 is 1.89 bits per heavy atom. The van der Waals surface area contributed by atoms with Crippen molar-refractivity contribution < 1.29 is 14.7 Å². The van der Waals surface area contributed by atoms with Crippen molar-refractivity contribution in [1.29, 1.82) is 0 Å². The zero-order chi connectivity index (χ0) is 34.6. The van der Waals surface area contributed by atoms with E-state index in [2.05, 4.69) is 87.5 Å². The molecule has 45 heavy (non-hydrogen) atoms. The smallest absolute Gasteiger partial charge is 0.211 e. The van der Waals surface area contributed by atoms with Crippen LogP contribution in [0.25, 0.3) is 0 Å². The van der Waals surface area contributed by atoms with Gasteiger partial charge in [-0.1, -0.05) is 101 Å². The molecule has 3 rings (SSSR count). The van der Waals surface area contributed by atoms with E-state index in [1.807, 2.05) is 64.2 Å². The Morgan fingerprint density at radius 1 is 1.20 bits per heavy atom. The lowest BCUT2D eigenvalue weighted by Crippen LogP contribution is -2.25. The third kappa shape index (κ3) is 17.1. The van der Waals surface area contributed by atoms with Gasteiger partial charge in [-0.05, 0) is 94.9 Å². The van der Waals surface area contributed by atoms with Crippen molar-refractivity contribution in [1.82, 2.24) is 5.32 Å². The minimum Gasteiger partial charge on any atom is -0.497 e. The van der Waals surface area contributed by atoms with Gasteiger partial charge >= 0.3 is 0 Å². The van der Waals surface area contributed by atoms with E-state index < -0.39 is 0 Å². The lowest BCUT2D eigenvalue weighted by atomic mass is 9.76. The molecule has 2 atom stereocenters. The van der Waals surface area contributed by atoms with Crippen LogP contribution in [0.1, 0.15) is 84.2 Å². The Labute approximate surface area is 283 Å². The minimum atomic E-state index is 0.320. The van der Waals surface area contributed by atoms with Crippen molar-refractivity contribution in [2.75, 3.05) is 13.4 Å². The number of fused-ring (bicyclic) bond motifs is 1. The van der Waals surface area contributed by atoms with Crippen LogP contribution in [0.15, 0.2) is 106 Å². The second-order valence-corrected chi connectivity index (χ2v) is 11.8. The van der Waals surface area contributed by atoms with Crippen LogP contribution in [0.2, 0.25) is 0 Å². The van der Waals surface area contributed by atoms with Gasteiger partial charge in [-0.3, -0.25) is 4.79 Å². The van der Waals surface area contributed by atoms with E-state index in [-0.39, 0.29) is 0 Å². The Hall–Kier alpha value is -3.29. The van der Waals surface area contributed by atoms with Crippen molar-refractivity contribution in [2.24, 2.45) is 17.0 Å². The van der Waals surface area contributed by atoms with Gasteiger partial charge in [0.1, 0.15) is 5.76 Å². The summed E-state index contributed by atoms with van der Waals surface area (Å²) >= 11 is 3.55.